The summed E-state index contributed by atoms with van der Waals surface area (Å²) < 4.78 is 10.8. The quantitative estimate of drug-likeness (QED) is 0.881. The molecular weight excluding hydrogens is 308 g/mol. The third kappa shape index (κ3) is 3.84. The molecule has 24 heavy (non-hydrogen) atoms. The summed E-state index contributed by atoms with van der Waals surface area (Å²) in [5, 5.41) is 5.53. The fourth-order valence-electron chi connectivity index (χ4n) is 2.35. The van der Waals surface area contributed by atoms with Gasteiger partial charge in [-0.15, -0.1) is 0 Å². The molecule has 6 nitrogen and oxygen atoms in total. The Morgan fingerprint density at radius 2 is 2.12 bits per heavy atom. The first-order chi connectivity index (χ1) is 11.6. The van der Waals surface area contributed by atoms with E-state index in [-0.39, 0.29) is 25.0 Å². The van der Waals surface area contributed by atoms with Crippen LogP contribution in [0.3, 0.4) is 0 Å². The number of amides is 2. The molecule has 2 aromatic rings. The number of hydrogen-bond donors (Lipinski definition) is 2. The van der Waals surface area contributed by atoms with Crippen LogP contribution >= 0.6 is 0 Å². The summed E-state index contributed by atoms with van der Waals surface area (Å²) in [6, 6.07) is 12.9. The topological polar surface area (TPSA) is 76.7 Å². The van der Waals surface area contributed by atoms with Crippen molar-refractivity contribution in [3.63, 3.8) is 0 Å². The van der Waals surface area contributed by atoms with Crippen molar-refractivity contribution in [3.05, 3.63) is 53.6 Å². The second-order valence-corrected chi connectivity index (χ2v) is 5.50. The number of carbonyl (C=O) groups is 2. The van der Waals surface area contributed by atoms with Gasteiger partial charge in [-0.3, -0.25) is 9.59 Å². The lowest BCUT2D eigenvalue weighted by atomic mass is 10.1. The molecule has 0 unspecified atom stereocenters. The zero-order valence-electron chi connectivity index (χ0n) is 13.3. The molecule has 1 aliphatic heterocycles. The molecule has 1 heterocycles. The fourth-order valence-corrected chi connectivity index (χ4v) is 2.35. The predicted octanol–water partition coefficient (Wildman–Crippen LogP) is 2.02. The van der Waals surface area contributed by atoms with Gasteiger partial charge in [-0.25, -0.2) is 0 Å². The molecule has 0 aromatic heterocycles. The molecule has 0 saturated carbocycles. The van der Waals surface area contributed by atoms with E-state index in [4.69, 9.17) is 9.47 Å². The Hall–Kier alpha value is -3.02. The Labute approximate surface area is 139 Å². The summed E-state index contributed by atoms with van der Waals surface area (Å²) in [4.78, 5) is 23.2. The van der Waals surface area contributed by atoms with Crippen LogP contribution in [0.4, 0.5) is 5.69 Å². The second-order valence-electron chi connectivity index (χ2n) is 5.50. The number of rotatable bonds is 5. The number of aryl methyl sites for hydroxylation is 1. The molecule has 2 amide bonds. The van der Waals surface area contributed by atoms with Gasteiger partial charge in [0.15, 0.2) is 13.2 Å². The largest absolute Gasteiger partial charge is 0.484 e. The van der Waals surface area contributed by atoms with Gasteiger partial charge in [0.05, 0.1) is 5.69 Å². The molecule has 0 bridgehead atoms. The second kappa shape index (κ2) is 7.04. The maximum absolute atomic E-state index is 11.9. The number of benzene rings is 2. The highest BCUT2D eigenvalue weighted by molar-refractivity contribution is 5.95. The number of nitrogens with one attached hydrogen (secondary N) is 2. The highest BCUT2D eigenvalue weighted by Gasteiger charge is 2.16. The highest BCUT2D eigenvalue weighted by Crippen LogP contribution is 2.28. The molecule has 6 heteroatoms. The third-order valence-electron chi connectivity index (χ3n) is 3.62. The van der Waals surface area contributed by atoms with E-state index in [0.717, 1.165) is 11.1 Å². The lowest BCUT2D eigenvalue weighted by Gasteiger charge is -2.18. The Balaban J connectivity index is 1.52. The molecule has 1 aliphatic rings. The average molecular weight is 326 g/mol. The van der Waals surface area contributed by atoms with Crippen LogP contribution in [0.5, 0.6) is 11.5 Å². The van der Waals surface area contributed by atoms with Gasteiger partial charge >= 0.3 is 0 Å². The summed E-state index contributed by atoms with van der Waals surface area (Å²) in [6.45, 7) is 2.25. The van der Waals surface area contributed by atoms with Crippen molar-refractivity contribution in [1.29, 1.82) is 0 Å². The molecule has 0 atom stereocenters. The van der Waals surface area contributed by atoms with E-state index in [1.165, 1.54) is 0 Å². The van der Waals surface area contributed by atoms with Gasteiger partial charge in [0.1, 0.15) is 11.5 Å². The molecule has 0 aliphatic carbocycles. The SMILES string of the molecule is Cc1ccccc1OCC(=O)NCc1ccc2c(c1)NC(=O)CO2. The standard InChI is InChI=1S/C18H18N2O4/c1-12-4-2-3-5-15(12)23-10-17(21)19-9-13-6-7-16-14(8-13)20-18(22)11-24-16/h2-8H,9-11H2,1H3,(H,19,21)(H,20,22). The van der Waals surface area contributed by atoms with Crippen LogP contribution in [-0.4, -0.2) is 25.0 Å². The lowest BCUT2D eigenvalue weighted by Crippen LogP contribution is -2.29. The van der Waals surface area contributed by atoms with Gasteiger partial charge in [0, 0.05) is 6.54 Å². The van der Waals surface area contributed by atoms with Gasteiger partial charge in [0.25, 0.3) is 11.8 Å². The van der Waals surface area contributed by atoms with Crippen molar-refractivity contribution in [2.24, 2.45) is 0 Å². The smallest absolute Gasteiger partial charge is 0.262 e. The van der Waals surface area contributed by atoms with Crippen LogP contribution in [0.25, 0.3) is 0 Å². The Kier molecular flexibility index (Phi) is 4.65. The zero-order chi connectivity index (χ0) is 16.9. The number of hydrogen-bond acceptors (Lipinski definition) is 4. The van der Waals surface area contributed by atoms with E-state index in [1.807, 2.05) is 37.3 Å². The minimum atomic E-state index is -0.212. The van der Waals surface area contributed by atoms with Crippen LogP contribution in [-0.2, 0) is 16.1 Å². The summed E-state index contributed by atoms with van der Waals surface area (Å²) >= 11 is 0. The van der Waals surface area contributed by atoms with Crippen molar-refractivity contribution >= 4 is 17.5 Å². The van der Waals surface area contributed by atoms with E-state index >= 15 is 0 Å². The molecule has 0 spiro atoms. The van der Waals surface area contributed by atoms with Gasteiger partial charge in [-0.05, 0) is 36.2 Å². The Bertz CT molecular complexity index is 773. The summed E-state index contributed by atoms with van der Waals surface area (Å²) in [7, 11) is 0. The molecule has 3 rings (SSSR count). The van der Waals surface area contributed by atoms with E-state index in [0.29, 0.717) is 23.7 Å². The Morgan fingerprint density at radius 1 is 1.29 bits per heavy atom. The summed E-state index contributed by atoms with van der Waals surface area (Å²) in [6.07, 6.45) is 0. The normalized spacial score (nSPS) is 12.6. The van der Waals surface area contributed by atoms with E-state index < -0.39 is 0 Å². The number of carbonyl (C=O) groups excluding carboxylic acids is 2. The molecule has 2 N–H and O–H groups in total. The molecular formula is C18H18N2O4. The Morgan fingerprint density at radius 3 is 2.96 bits per heavy atom. The predicted molar refractivity (Wildman–Crippen MR) is 89.1 cm³/mol. The van der Waals surface area contributed by atoms with E-state index in [2.05, 4.69) is 10.6 Å². The van der Waals surface area contributed by atoms with Crippen LogP contribution in [0.2, 0.25) is 0 Å². The zero-order valence-corrected chi connectivity index (χ0v) is 13.3. The summed E-state index contributed by atoms with van der Waals surface area (Å²) in [5.41, 5.74) is 2.47. The van der Waals surface area contributed by atoms with Gasteiger partial charge < -0.3 is 20.1 Å². The van der Waals surface area contributed by atoms with Crippen molar-refractivity contribution in [3.8, 4) is 11.5 Å². The highest BCUT2D eigenvalue weighted by atomic mass is 16.5. The summed E-state index contributed by atoms with van der Waals surface area (Å²) in [5.74, 6) is 0.931. The maximum Gasteiger partial charge on any atom is 0.262 e. The van der Waals surface area contributed by atoms with Crippen LogP contribution in [0, 0.1) is 6.92 Å². The van der Waals surface area contributed by atoms with Gasteiger partial charge in [-0.1, -0.05) is 24.3 Å². The van der Waals surface area contributed by atoms with Crippen LogP contribution < -0.4 is 20.1 Å². The first-order valence-electron chi connectivity index (χ1n) is 7.62. The monoisotopic (exact) mass is 326 g/mol. The minimum absolute atomic E-state index is 0.0271. The number of ether oxygens (including phenoxy) is 2. The van der Waals surface area contributed by atoms with E-state index in [1.54, 1.807) is 12.1 Å². The minimum Gasteiger partial charge on any atom is -0.484 e. The number of fused-ring (bicyclic) bond motifs is 1. The average Bonchev–Trinajstić information content (AvgIpc) is 2.59. The van der Waals surface area contributed by atoms with Crippen molar-refractivity contribution in [2.75, 3.05) is 18.5 Å². The van der Waals surface area contributed by atoms with Gasteiger partial charge in [-0.2, -0.15) is 0 Å². The number of anilines is 1. The molecule has 0 fully saturated rings. The van der Waals surface area contributed by atoms with Gasteiger partial charge in [0.2, 0.25) is 0 Å². The molecule has 0 radical (unpaired) electrons. The third-order valence-corrected chi connectivity index (χ3v) is 3.62. The molecule has 2 aromatic carbocycles. The van der Waals surface area contributed by atoms with Crippen molar-refractivity contribution < 1.29 is 19.1 Å². The first-order valence-corrected chi connectivity index (χ1v) is 7.62. The fraction of sp³-hybridized carbons (Fsp3) is 0.222. The maximum atomic E-state index is 11.9. The van der Waals surface area contributed by atoms with Crippen LogP contribution in [0.15, 0.2) is 42.5 Å². The molecule has 0 saturated heterocycles. The van der Waals surface area contributed by atoms with E-state index in [9.17, 15) is 9.59 Å². The lowest BCUT2D eigenvalue weighted by molar-refractivity contribution is -0.123. The molecule has 124 valence electrons. The van der Waals surface area contributed by atoms with Crippen molar-refractivity contribution in [2.45, 2.75) is 13.5 Å². The first kappa shape index (κ1) is 15.9. The van der Waals surface area contributed by atoms with Crippen molar-refractivity contribution in [1.82, 2.24) is 5.32 Å². The number of para-hydroxylation sites is 1. The van der Waals surface area contributed by atoms with Crippen LogP contribution in [0.1, 0.15) is 11.1 Å².